The van der Waals surface area contributed by atoms with Crippen molar-refractivity contribution in [1.82, 2.24) is 0 Å². The van der Waals surface area contributed by atoms with Crippen molar-refractivity contribution in [2.75, 3.05) is 0 Å². The van der Waals surface area contributed by atoms with E-state index >= 15 is 0 Å². The molecule has 0 aliphatic heterocycles. The normalized spacial score (nSPS) is 11.5. The molecule has 0 saturated carbocycles. The molecule has 0 fully saturated rings. The molecule has 21 heavy (non-hydrogen) atoms. The van der Waals surface area contributed by atoms with Crippen molar-refractivity contribution in [3.05, 3.63) is 57.8 Å². The first kappa shape index (κ1) is 15.8. The largest absolute Gasteiger partial charge is 0.455 e. The molecule has 0 atom stereocenters. The van der Waals surface area contributed by atoms with Gasteiger partial charge in [-0.15, -0.1) is 0 Å². The third kappa shape index (κ3) is 3.74. The summed E-state index contributed by atoms with van der Waals surface area (Å²) in [5, 5.41) is 8.92. The number of ether oxygens (including phenoxy) is 1. The molecule has 0 aliphatic rings. The fourth-order valence-corrected chi connectivity index (χ4v) is 1.99. The molecule has 0 spiro atoms. The number of hydrogen-bond donors (Lipinski definition) is 1. The standard InChI is InChI=1S/C14H9BrF4O2/c15-11-3-2-9(16)6-13(11)21-12-4-1-8(7-20)5-10(12)14(17,18)19/h1-6,20H,7H2. The van der Waals surface area contributed by atoms with Crippen LogP contribution >= 0.6 is 15.9 Å². The van der Waals surface area contributed by atoms with E-state index in [4.69, 9.17) is 9.84 Å². The first-order valence-corrected chi connectivity index (χ1v) is 6.54. The Morgan fingerprint density at radius 2 is 1.76 bits per heavy atom. The number of rotatable bonds is 3. The predicted molar refractivity (Wildman–Crippen MR) is 71.5 cm³/mol. The summed E-state index contributed by atoms with van der Waals surface area (Å²) >= 11 is 3.08. The van der Waals surface area contributed by atoms with Crippen LogP contribution in [0.1, 0.15) is 11.1 Å². The van der Waals surface area contributed by atoms with Crippen molar-refractivity contribution in [2.24, 2.45) is 0 Å². The van der Waals surface area contributed by atoms with Gasteiger partial charge in [0.25, 0.3) is 0 Å². The monoisotopic (exact) mass is 364 g/mol. The summed E-state index contributed by atoms with van der Waals surface area (Å²) in [5.74, 6) is -1.17. The highest BCUT2D eigenvalue weighted by atomic mass is 79.9. The molecule has 0 amide bonds. The molecule has 2 nitrogen and oxygen atoms in total. The van der Waals surface area contributed by atoms with E-state index in [1.54, 1.807) is 0 Å². The highest BCUT2D eigenvalue weighted by Gasteiger charge is 2.35. The summed E-state index contributed by atoms with van der Waals surface area (Å²) in [5.41, 5.74) is -0.932. The van der Waals surface area contributed by atoms with Crippen LogP contribution in [0.5, 0.6) is 11.5 Å². The smallest absolute Gasteiger partial charge is 0.419 e. The maximum atomic E-state index is 13.1. The Morgan fingerprint density at radius 1 is 1.05 bits per heavy atom. The average molecular weight is 365 g/mol. The van der Waals surface area contributed by atoms with Gasteiger partial charge in [0.1, 0.15) is 17.3 Å². The van der Waals surface area contributed by atoms with E-state index in [0.29, 0.717) is 4.47 Å². The fraction of sp³-hybridized carbons (Fsp3) is 0.143. The molecule has 0 bridgehead atoms. The van der Waals surface area contributed by atoms with Gasteiger partial charge >= 0.3 is 6.18 Å². The van der Waals surface area contributed by atoms with E-state index in [-0.39, 0.29) is 11.3 Å². The second kappa shape index (κ2) is 6.03. The number of hydrogen-bond acceptors (Lipinski definition) is 2. The van der Waals surface area contributed by atoms with Crippen LogP contribution in [-0.4, -0.2) is 5.11 Å². The summed E-state index contributed by atoms with van der Waals surface area (Å²) in [7, 11) is 0. The van der Waals surface area contributed by atoms with Crippen molar-refractivity contribution >= 4 is 15.9 Å². The van der Waals surface area contributed by atoms with Gasteiger partial charge in [0, 0.05) is 6.07 Å². The number of aliphatic hydroxyl groups is 1. The van der Waals surface area contributed by atoms with Gasteiger partial charge in [0.2, 0.25) is 0 Å². The molecule has 2 aromatic rings. The molecule has 2 aromatic carbocycles. The first-order chi connectivity index (χ1) is 9.81. The van der Waals surface area contributed by atoms with Crippen molar-refractivity contribution in [1.29, 1.82) is 0 Å². The van der Waals surface area contributed by atoms with Gasteiger partial charge < -0.3 is 9.84 Å². The quantitative estimate of drug-likeness (QED) is 0.785. The van der Waals surface area contributed by atoms with Crippen molar-refractivity contribution in [2.45, 2.75) is 12.8 Å². The van der Waals surface area contributed by atoms with E-state index in [1.165, 1.54) is 12.1 Å². The van der Waals surface area contributed by atoms with Gasteiger partial charge in [-0.1, -0.05) is 6.07 Å². The molecular formula is C14H9BrF4O2. The lowest BCUT2D eigenvalue weighted by Gasteiger charge is -2.15. The SMILES string of the molecule is OCc1ccc(Oc2cc(F)ccc2Br)c(C(F)(F)F)c1. The predicted octanol–water partition coefficient (Wildman–Crippen LogP) is 4.89. The summed E-state index contributed by atoms with van der Waals surface area (Å²) < 4.78 is 57.6. The number of benzene rings is 2. The van der Waals surface area contributed by atoms with E-state index in [2.05, 4.69) is 15.9 Å². The second-order valence-electron chi connectivity index (χ2n) is 4.16. The zero-order valence-electron chi connectivity index (χ0n) is 10.4. The Kier molecular flexibility index (Phi) is 4.53. The summed E-state index contributed by atoms with van der Waals surface area (Å²) in [6, 6.07) is 6.65. The topological polar surface area (TPSA) is 29.5 Å². The third-order valence-corrected chi connectivity index (χ3v) is 3.30. The summed E-state index contributed by atoms with van der Waals surface area (Å²) in [6.45, 7) is -0.521. The van der Waals surface area contributed by atoms with Crippen LogP contribution in [0.15, 0.2) is 40.9 Å². The van der Waals surface area contributed by atoms with E-state index < -0.39 is 29.9 Å². The second-order valence-corrected chi connectivity index (χ2v) is 5.02. The summed E-state index contributed by atoms with van der Waals surface area (Å²) in [4.78, 5) is 0. The zero-order chi connectivity index (χ0) is 15.6. The molecule has 0 saturated heterocycles. The molecule has 0 aliphatic carbocycles. The molecule has 7 heteroatoms. The fourth-order valence-electron chi connectivity index (χ4n) is 1.66. The molecule has 112 valence electrons. The Bertz CT molecular complexity index is 656. The van der Waals surface area contributed by atoms with Crippen molar-refractivity contribution < 1.29 is 27.4 Å². The lowest BCUT2D eigenvalue weighted by atomic mass is 10.1. The van der Waals surface area contributed by atoms with E-state index in [1.807, 2.05) is 0 Å². The van der Waals surface area contributed by atoms with Crippen LogP contribution in [0, 0.1) is 5.82 Å². The van der Waals surface area contributed by atoms with E-state index in [0.717, 1.165) is 24.3 Å². The minimum absolute atomic E-state index is 0.0720. The molecule has 0 radical (unpaired) electrons. The molecule has 0 heterocycles. The van der Waals surface area contributed by atoms with Crippen LogP contribution in [0.25, 0.3) is 0 Å². The molecule has 0 unspecified atom stereocenters. The Labute approximate surface area is 126 Å². The Morgan fingerprint density at radius 3 is 2.38 bits per heavy atom. The number of alkyl halides is 3. The Hall–Kier alpha value is -1.60. The summed E-state index contributed by atoms with van der Waals surface area (Å²) in [6.07, 6.45) is -4.65. The number of aliphatic hydroxyl groups excluding tert-OH is 1. The van der Waals surface area contributed by atoms with Gasteiger partial charge in [-0.25, -0.2) is 4.39 Å². The lowest BCUT2D eigenvalue weighted by molar-refractivity contribution is -0.138. The van der Waals surface area contributed by atoms with Crippen molar-refractivity contribution in [3.8, 4) is 11.5 Å². The lowest BCUT2D eigenvalue weighted by Crippen LogP contribution is -2.08. The van der Waals surface area contributed by atoms with Gasteiger partial charge in [-0.05, 0) is 45.8 Å². The van der Waals surface area contributed by atoms with Crippen LogP contribution in [0.2, 0.25) is 0 Å². The van der Waals surface area contributed by atoms with E-state index in [9.17, 15) is 17.6 Å². The average Bonchev–Trinajstić information content (AvgIpc) is 2.42. The Balaban J connectivity index is 2.46. The maximum absolute atomic E-state index is 13.1. The van der Waals surface area contributed by atoms with Crippen molar-refractivity contribution in [3.63, 3.8) is 0 Å². The van der Waals surface area contributed by atoms with Gasteiger partial charge in [0.05, 0.1) is 16.6 Å². The minimum atomic E-state index is -4.65. The molecule has 1 N–H and O–H groups in total. The third-order valence-electron chi connectivity index (χ3n) is 2.65. The maximum Gasteiger partial charge on any atom is 0.419 e. The minimum Gasteiger partial charge on any atom is -0.455 e. The van der Waals surface area contributed by atoms with Crippen LogP contribution in [-0.2, 0) is 12.8 Å². The number of halogens is 5. The van der Waals surface area contributed by atoms with Crippen LogP contribution < -0.4 is 4.74 Å². The van der Waals surface area contributed by atoms with Gasteiger partial charge in [0.15, 0.2) is 0 Å². The highest BCUT2D eigenvalue weighted by Crippen LogP contribution is 2.40. The van der Waals surface area contributed by atoms with Gasteiger partial charge in [-0.3, -0.25) is 0 Å². The highest BCUT2D eigenvalue weighted by molar-refractivity contribution is 9.10. The first-order valence-electron chi connectivity index (χ1n) is 5.75. The molecular weight excluding hydrogens is 356 g/mol. The van der Waals surface area contributed by atoms with Gasteiger partial charge in [-0.2, -0.15) is 13.2 Å². The zero-order valence-corrected chi connectivity index (χ0v) is 12.0. The molecule has 0 aromatic heterocycles. The van der Waals surface area contributed by atoms with Crippen LogP contribution in [0.3, 0.4) is 0 Å². The molecule has 2 rings (SSSR count). The van der Waals surface area contributed by atoms with Crippen LogP contribution in [0.4, 0.5) is 17.6 Å².